The van der Waals surface area contributed by atoms with Crippen LogP contribution in [0.3, 0.4) is 0 Å². The molecule has 0 atom stereocenters. The number of H-pyrrole nitrogens is 1. The van der Waals surface area contributed by atoms with Gasteiger partial charge in [0.1, 0.15) is 26.2 Å². The lowest BCUT2D eigenvalue weighted by atomic mass is 10.3. The van der Waals surface area contributed by atoms with E-state index in [4.69, 9.17) is 0 Å². The van der Waals surface area contributed by atoms with Gasteiger partial charge in [-0.3, -0.25) is 14.5 Å². The van der Waals surface area contributed by atoms with Crippen LogP contribution in [0.5, 0.6) is 0 Å². The zero-order chi connectivity index (χ0) is 17.4. The Morgan fingerprint density at radius 2 is 2.08 bits per heavy atom. The zero-order valence-electron chi connectivity index (χ0n) is 14.7. The van der Waals surface area contributed by atoms with E-state index in [1.54, 1.807) is 7.05 Å². The number of piperazine rings is 1. The third kappa shape index (κ3) is 5.49. The number of amides is 2. The van der Waals surface area contributed by atoms with Gasteiger partial charge in [-0.15, -0.1) is 0 Å². The second-order valence-electron chi connectivity index (χ2n) is 6.26. The van der Waals surface area contributed by atoms with Gasteiger partial charge in [0.2, 0.25) is 5.91 Å². The molecule has 0 saturated carbocycles. The second-order valence-corrected chi connectivity index (χ2v) is 6.26. The molecule has 1 fully saturated rings. The molecule has 7 nitrogen and oxygen atoms in total. The topological polar surface area (TPSA) is 71.2 Å². The highest BCUT2D eigenvalue weighted by molar-refractivity contribution is 5.84. The predicted octanol–water partition coefficient (Wildman–Crippen LogP) is -1.81. The van der Waals surface area contributed by atoms with E-state index in [0.29, 0.717) is 13.1 Å². The van der Waals surface area contributed by atoms with Crippen molar-refractivity contribution in [3.63, 3.8) is 0 Å². The van der Waals surface area contributed by atoms with E-state index in [1.165, 1.54) is 9.80 Å². The maximum absolute atomic E-state index is 12.3. The fourth-order valence-corrected chi connectivity index (χ4v) is 2.79. The Morgan fingerprint density at radius 1 is 1.33 bits per heavy atom. The quantitative estimate of drug-likeness (QED) is 0.617. The Labute approximate surface area is 143 Å². The largest absolute Gasteiger partial charge is 0.355 e. The molecule has 1 aliphatic rings. The standard InChI is InChI=1S/C17H27N5O2/c1-3-7-19-16(23)13-20(2)17(24)14-21-9-11-22(12-10-21)15-6-4-5-8-18-15/h4-6,8H,3,7,9-14H2,1-2H3,(H,19,23)/p+2. The maximum atomic E-state index is 12.3. The minimum absolute atomic E-state index is 0.0244. The van der Waals surface area contributed by atoms with Gasteiger partial charge in [-0.1, -0.05) is 13.0 Å². The number of nitrogens with one attached hydrogen (secondary N) is 3. The summed E-state index contributed by atoms with van der Waals surface area (Å²) in [5, 5.41) is 2.80. The van der Waals surface area contributed by atoms with Crippen molar-refractivity contribution >= 4 is 17.6 Å². The first-order chi connectivity index (χ1) is 11.6. The number of hydrogen-bond acceptors (Lipinski definition) is 3. The number of pyridine rings is 1. The van der Waals surface area contributed by atoms with Crippen molar-refractivity contribution in [2.24, 2.45) is 0 Å². The normalized spacial score (nSPS) is 15.2. The molecule has 1 aliphatic heterocycles. The van der Waals surface area contributed by atoms with Crippen LogP contribution < -0.4 is 20.1 Å². The van der Waals surface area contributed by atoms with Crippen molar-refractivity contribution in [1.29, 1.82) is 0 Å². The van der Waals surface area contributed by atoms with E-state index >= 15 is 0 Å². The van der Waals surface area contributed by atoms with Crippen LogP contribution in [0.25, 0.3) is 0 Å². The van der Waals surface area contributed by atoms with Crippen LogP contribution >= 0.6 is 0 Å². The average Bonchev–Trinajstić information content (AvgIpc) is 2.61. The lowest BCUT2D eigenvalue weighted by Gasteiger charge is -2.29. The highest BCUT2D eigenvalue weighted by Gasteiger charge is 2.28. The number of aromatic nitrogens is 1. The van der Waals surface area contributed by atoms with E-state index < -0.39 is 0 Å². The molecule has 0 aromatic carbocycles. The summed E-state index contributed by atoms with van der Waals surface area (Å²) >= 11 is 0. The molecule has 0 aliphatic carbocycles. The lowest BCUT2D eigenvalue weighted by Crippen LogP contribution is -3.16. The Hall–Kier alpha value is -2.15. The molecule has 1 aromatic heterocycles. The molecule has 0 spiro atoms. The fraction of sp³-hybridized carbons (Fsp3) is 0.588. The molecule has 0 unspecified atom stereocenters. The highest BCUT2D eigenvalue weighted by atomic mass is 16.2. The van der Waals surface area contributed by atoms with Crippen molar-refractivity contribution in [2.45, 2.75) is 13.3 Å². The van der Waals surface area contributed by atoms with Gasteiger partial charge in [0.15, 0.2) is 6.54 Å². The molecule has 3 N–H and O–H groups in total. The first-order valence-electron chi connectivity index (χ1n) is 8.66. The van der Waals surface area contributed by atoms with Crippen LogP contribution in [0.15, 0.2) is 24.4 Å². The molecule has 132 valence electrons. The van der Waals surface area contributed by atoms with Crippen molar-refractivity contribution in [2.75, 3.05) is 57.8 Å². The molecule has 2 amide bonds. The van der Waals surface area contributed by atoms with E-state index in [0.717, 1.165) is 38.4 Å². The van der Waals surface area contributed by atoms with Crippen molar-refractivity contribution in [3.8, 4) is 0 Å². The zero-order valence-corrected chi connectivity index (χ0v) is 14.7. The maximum Gasteiger partial charge on any atom is 0.277 e. The Bertz CT molecular complexity index is 529. The van der Waals surface area contributed by atoms with Gasteiger partial charge >= 0.3 is 0 Å². The average molecular weight is 335 g/mol. The third-order valence-corrected chi connectivity index (χ3v) is 4.28. The first kappa shape index (κ1) is 18.2. The molecule has 0 bridgehead atoms. The number of quaternary nitrogens is 1. The van der Waals surface area contributed by atoms with Crippen LogP contribution in [0.1, 0.15) is 13.3 Å². The van der Waals surface area contributed by atoms with Gasteiger partial charge in [-0.25, -0.2) is 4.98 Å². The summed E-state index contributed by atoms with van der Waals surface area (Å²) in [5.74, 6) is 1.05. The fourth-order valence-electron chi connectivity index (χ4n) is 2.79. The Morgan fingerprint density at radius 3 is 2.71 bits per heavy atom. The predicted molar refractivity (Wildman–Crippen MR) is 91.7 cm³/mol. The summed E-state index contributed by atoms with van der Waals surface area (Å²) in [6.07, 6.45) is 2.83. The molecule has 24 heavy (non-hydrogen) atoms. The highest BCUT2D eigenvalue weighted by Crippen LogP contribution is 2.04. The molecular weight excluding hydrogens is 306 g/mol. The molecule has 7 heteroatoms. The van der Waals surface area contributed by atoms with E-state index in [2.05, 4.69) is 21.3 Å². The number of hydrogen-bond donors (Lipinski definition) is 2. The van der Waals surface area contributed by atoms with Crippen LogP contribution in [0.2, 0.25) is 0 Å². The van der Waals surface area contributed by atoms with Crippen LogP contribution in [-0.4, -0.2) is 69.6 Å². The molecule has 2 heterocycles. The summed E-state index contributed by atoms with van der Waals surface area (Å²) in [5.41, 5.74) is 0. The summed E-state index contributed by atoms with van der Waals surface area (Å²) in [4.78, 5) is 32.3. The number of anilines is 1. The van der Waals surface area contributed by atoms with Gasteiger partial charge in [-0.05, 0) is 12.5 Å². The number of carbonyl (C=O) groups excluding carboxylic acids is 2. The number of carbonyl (C=O) groups is 2. The minimum atomic E-state index is -0.0906. The smallest absolute Gasteiger partial charge is 0.277 e. The van der Waals surface area contributed by atoms with Crippen molar-refractivity contribution < 1.29 is 19.5 Å². The molecule has 1 saturated heterocycles. The monoisotopic (exact) mass is 335 g/mol. The van der Waals surface area contributed by atoms with E-state index in [1.807, 2.05) is 25.3 Å². The van der Waals surface area contributed by atoms with Crippen LogP contribution in [0.4, 0.5) is 5.82 Å². The summed E-state index contributed by atoms with van der Waals surface area (Å²) in [6.45, 7) is 6.93. The van der Waals surface area contributed by atoms with Crippen LogP contribution in [-0.2, 0) is 9.59 Å². The summed E-state index contributed by atoms with van der Waals surface area (Å²) < 4.78 is 0. The molecule has 1 aromatic rings. The molecular formula is C17H29N5O2+2. The van der Waals surface area contributed by atoms with Gasteiger partial charge in [0.25, 0.3) is 11.7 Å². The Kier molecular flexibility index (Phi) is 6.99. The second kappa shape index (κ2) is 9.22. The summed E-state index contributed by atoms with van der Waals surface area (Å²) in [6, 6.07) is 6.06. The summed E-state index contributed by atoms with van der Waals surface area (Å²) in [7, 11) is 1.70. The SMILES string of the molecule is CCCNC(=O)CN(C)C(=O)C[NH+]1CCN(c2cccc[nH+]2)CC1. The van der Waals surface area contributed by atoms with Gasteiger partial charge < -0.3 is 15.1 Å². The number of likely N-dealkylation sites (N-methyl/N-ethyl adjacent to an activating group) is 1. The van der Waals surface area contributed by atoms with E-state index in [9.17, 15) is 9.59 Å². The van der Waals surface area contributed by atoms with Gasteiger partial charge in [0.05, 0.1) is 12.7 Å². The molecule has 2 rings (SSSR count). The van der Waals surface area contributed by atoms with Crippen LogP contribution in [0, 0.1) is 0 Å². The van der Waals surface area contributed by atoms with Gasteiger partial charge in [-0.2, -0.15) is 0 Å². The van der Waals surface area contributed by atoms with Crippen molar-refractivity contribution in [3.05, 3.63) is 24.4 Å². The van der Waals surface area contributed by atoms with Crippen molar-refractivity contribution in [1.82, 2.24) is 10.2 Å². The van der Waals surface area contributed by atoms with E-state index in [-0.39, 0.29) is 18.4 Å². The number of aromatic amines is 1. The Balaban J connectivity index is 1.72. The minimum Gasteiger partial charge on any atom is -0.355 e. The lowest BCUT2D eigenvalue weighted by molar-refractivity contribution is -0.892. The first-order valence-corrected chi connectivity index (χ1v) is 8.66. The number of rotatable bonds is 7. The van der Waals surface area contributed by atoms with Gasteiger partial charge in [0, 0.05) is 19.7 Å². The number of nitrogens with zero attached hydrogens (tertiary/aromatic N) is 2. The molecule has 0 radical (unpaired) electrons. The third-order valence-electron chi connectivity index (χ3n) is 4.28.